The maximum atomic E-state index is 4.35. The lowest BCUT2D eigenvalue weighted by Gasteiger charge is -2.18. The van der Waals surface area contributed by atoms with E-state index in [1.54, 1.807) is 0 Å². The Hall–Kier alpha value is -1.87. The van der Waals surface area contributed by atoms with Crippen LogP contribution in [0.25, 0.3) is 0 Å². The summed E-state index contributed by atoms with van der Waals surface area (Å²) in [4.78, 5) is 6.88. The van der Waals surface area contributed by atoms with Gasteiger partial charge in [0.05, 0.1) is 0 Å². The minimum Gasteiger partial charge on any atom is -0.381 e. The van der Waals surface area contributed by atoms with Crippen molar-refractivity contribution >= 4 is 5.69 Å². The molecular weight excluding hydrogens is 258 g/mol. The van der Waals surface area contributed by atoms with Crippen LogP contribution in [0.4, 0.5) is 5.69 Å². The Balaban J connectivity index is 1.65. The first-order chi connectivity index (χ1) is 10.3. The number of para-hydroxylation sites is 1. The van der Waals surface area contributed by atoms with Crippen LogP contribution >= 0.6 is 0 Å². The molecule has 2 aromatic rings. The molecule has 1 aliphatic rings. The van der Waals surface area contributed by atoms with Crippen LogP contribution in [0.1, 0.15) is 29.7 Å². The van der Waals surface area contributed by atoms with E-state index in [2.05, 4.69) is 51.6 Å². The van der Waals surface area contributed by atoms with E-state index in [-0.39, 0.29) is 0 Å². The fourth-order valence-electron chi connectivity index (χ4n) is 2.81. The van der Waals surface area contributed by atoms with Crippen molar-refractivity contribution in [2.45, 2.75) is 32.9 Å². The van der Waals surface area contributed by atoms with Crippen LogP contribution in [0.3, 0.4) is 0 Å². The summed E-state index contributed by atoms with van der Waals surface area (Å²) in [5, 5.41) is 3.56. The molecule has 1 saturated heterocycles. The molecule has 1 N–H and O–H groups in total. The number of hydrogen-bond acceptors (Lipinski definition) is 3. The minimum absolute atomic E-state index is 0.824. The van der Waals surface area contributed by atoms with Gasteiger partial charge >= 0.3 is 0 Å². The molecule has 0 amide bonds. The number of anilines is 1. The molecule has 2 heterocycles. The smallest absolute Gasteiger partial charge is 0.0416 e. The molecule has 3 nitrogen and oxygen atoms in total. The second kappa shape index (κ2) is 6.72. The Bertz CT molecular complexity index is 571. The van der Waals surface area contributed by atoms with Crippen LogP contribution in [0.15, 0.2) is 42.6 Å². The molecule has 0 unspecified atom stereocenters. The molecule has 0 spiro atoms. The predicted octanol–water partition coefficient (Wildman–Crippen LogP) is 3.60. The van der Waals surface area contributed by atoms with E-state index in [0.717, 1.165) is 18.8 Å². The zero-order chi connectivity index (χ0) is 14.5. The average Bonchev–Trinajstić information content (AvgIpc) is 3.01. The summed E-state index contributed by atoms with van der Waals surface area (Å²) in [6, 6.07) is 12.8. The first kappa shape index (κ1) is 14.1. The van der Waals surface area contributed by atoms with Crippen molar-refractivity contribution in [3.05, 3.63) is 59.4 Å². The molecule has 3 rings (SSSR count). The second-order valence-electron chi connectivity index (χ2n) is 5.80. The third-order valence-electron chi connectivity index (χ3n) is 4.07. The van der Waals surface area contributed by atoms with E-state index < -0.39 is 0 Å². The Kier molecular flexibility index (Phi) is 4.51. The molecule has 0 saturated carbocycles. The van der Waals surface area contributed by atoms with E-state index in [4.69, 9.17) is 0 Å². The summed E-state index contributed by atoms with van der Waals surface area (Å²) in [6.07, 6.45) is 4.63. The lowest BCUT2D eigenvalue weighted by Crippen LogP contribution is -2.19. The van der Waals surface area contributed by atoms with Crippen molar-refractivity contribution in [1.29, 1.82) is 0 Å². The van der Waals surface area contributed by atoms with E-state index in [1.165, 1.54) is 42.7 Å². The van der Waals surface area contributed by atoms with Gasteiger partial charge in [0.25, 0.3) is 0 Å². The van der Waals surface area contributed by atoms with Gasteiger partial charge in [-0.25, -0.2) is 0 Å². The molecule has 3 heteroatoms. The molecule has 0 radical (unpaired) electrons. The van der Waals surface area contributed by atoms with E-state index >= 15 is 0 Å². The number of nitrogens with one attached hydrogen (secondary N) is 1. The highest BCUT2D eigenvalue weighted by molar-refractivity contribution is 5.51. The predicted molar refractivity (Wildman–Crippen MR) is 87.3 cm³/mol. The van der Waals surface area contributed by atoms with Gasteiger partial charge in [0.1, 0.15) is 0 Å². The number of hydrogen-bond donors (Lipinski definition) is 1. The topological polar surface area (TPSA) is 28.2 Å². The summed E-state index contributed by atoms with van der Waals surface area (Å²) < 4.78 is 0. The molecule has 21 heavy (non-hydrogen) atoms. The molecule has 0 bridgehead atoms. The van der Waals surface area contributed by atoms with Crippen LogP contribution < -0.4 is 5.32 Å². The van der Waals surface area contributed by atoms with Crippen molar-refractivity contribution < 1.29 is 0 Å². The molecule has 0 atom stereocenters. The van der Waals surface area contributed by atoms with Gasteiger partial charge in [-0.3, -0.25) is 9.88 Å². The van der Waals surface area contributed by atoms with Crippen molar-refractivity contribution in [2.24, 2.45) is 0 Å². The second-order valence-corrected chi connectivity index (χ2v) is 5.80. The van der Waals surface area contributed by atoms with Gasteiger partial charge in [0.2, 0.25) is 0 Å². The number of aromatic nitrogens is 1. The molecular formula is C18H23N3. The highest BCUT2D eigenvalue weighted by atomic mass is 15.1. The third kappa shape index (κ3) is 3.82. The monoisotopic (exact) mass is 281 g/mol. The van der Waals surface area contributed by atoms with Gasteiger partial charge in [-0.15, -0.1) is 0 Å². The van der Waals surface area contributed by atoms with Crippen molar-refractivity contribution in [2.75, 3.05) is 18.4 Å². The van der Waals surface area contributed by atoms with Gasteiger partial charge in [0.15, 0.2) is 0 Å². The van der Waals surface area contributed by atoms with Gasteiger partial charge in [0, 0.05) is 30.7 Å². The summed E-state index contributed by atoms with van der Waals surface area (Å²) in [5.41, 5.74) is 4.91. The molecule has 1 fully saturated rings. The maximum absolute atomic E-state index is 4.35. The lowest BCUT2D eigenvalue weighted by molar-refractivity contribution is 0.332. The summed E-state index contributed by atoms with van der Waals surface area (Å²) in [5.74, 6) is 0. The number of aryl methyl sites for hydroxylation is 1. The lowest BCUT2D eigenvalue weighted by atomic mass is 10.1. The van der Waals surface area contributed by atoms with Gasteiger partial charge < -0.3 is 5.32 Å². The molecule has 1 aliphatic heterocycles. The number of likely N-dealkylation sites (tertiary alicyclic amines) is 1. The van der Waals surface area contributed by atoms with Crippen molar-refractivity contribution in [3.8, 4) is 0 Å². The zero-order valence-electron chi connectivity index (χ0n) is 12.7. The quantitative estimate of drug-likeness (QED) is 0.907. The highest BCUT2D eigenvalue weighted by Crippen LogP contribution is 2.20. The van der Waals surface area contributed by atoms with Gasteiger partial charge in [-0.2, -0.15) is 0 Å². The normalized spacial score (nSPS) is 15.3. The fourth-order valence-corrected chi connectivity index (χ4v) is 2.81. The first-order valence-electron chi connectivity index (χ1n) is 7.77. The standard InChI is InChI=1S/C18H23N3/c1-15-8-9-16(12-19-15)13-20-18-7-3-2-6-17(18)14-21-10-4-5-11-21/h2-3,6-9,12,20H,4-5,10-11,13-14H2,1H3. The average molecular weight is 281 g/mol. The Morgan fingerprint density at radius 3 is 2.67 bits per heavy atom. The Morgan fingerprint density at radius 2 is 1.90 bits per heavy atom. The fraction of sp³-hybridized carbons (Fsp3) is 0.389. The van der Waals surface area contributed by atoms with Crippen LogP contribution in [0.5, 0.6) is 0 Å². The molecule has 1 aromatic carbocycles. The molecule has 1 aromatic heterocycles. The molecule has 110 valence electrons. The number of nitrogens with zero attached hydrogens (tertiary/aromatic N) is 2. The van der Waals surface area contributed by atoms with Gasteiger partial charge in [-0.05, 0) is 56.1 Å². The highest BCUT2D eigenvalue weighted by Gasteiger charge is 2.13. The van der Waals surface area contributed by atoms with Crippen molar-refractivity contribution in [3.63, 3.8) is 0 Å². The first-order valence-corrected chi connectivity index (χ1v) is 7.77. The summed E-state index contributed by atoms with van der Waals surface area (Å²) in [7, 11) is 0. The number of rotatable bonds is 5. The van der Waals surface area contributed by atoms with E-state index in [9.17, 15) is 0 Å². The van der Waals surface area contributed by atoms with E-state index in [1.807, 2.05) is 13.1 Å². The van der Waals surface area contributed by atoms with Crippen LogP contribution in [0.2, 0.25) is 0 Å². The van der Waals surface area contributed by atoms with E-state index in [0.29, 0.717) is 0 Å². The third-order valence-corrected chi connectivity index (χ3v) is 4.07. The van der Waals surface area contributed by atoms with Gasteiger partial charge in [-0.1, -0.05) is 24.3 Å². The van der Waals surface area contributed by atoms with Crippen LogP contribution in [0, 0.1) is 6.92 Å². The van der Waals surface area contributed by atoms with Crippen molar-refractivity contribution in [1.82, 2.24) is 9.88 Å². The zero-order valence-corrected chi connectivity index (χ0v) is 12.7. The molecule has 0 aliphatic carbocycles. The number of pyridine rings is 1. The Labute approximate surface area is 127 Å². The largest absolute Gasteiger partial charge is 0.381 e. The summed E-state index contributed by atoms with van der Waals surface area (Å²) >= 11 is 0. The maximum Gasteiger partial charge on any atom is 0.0416 e. The number of benzene rings is 1. The summed E-state index contributed by atoms with van der Waals surface area (Å²) in [6.45, 7) is 6.36. The van der Waals surface area contributed by atoms with Crippen LogP contribution in [-0.2, 0) is 13.1 Å². The minimum atomic E-state index is 0.824. The SMILES string of the molecule is Cc1ccc(CNc2ccccc2CN2CCCC2)cn1. The van der Waals surface area contributed by atoms with Crippen LogP contribution in [-0.4, -0.2) is 23.0 Å². The Morgan fingerprint density at radius 1 is 1.10 bits per heavy atom.